The molecular formula is C22H19N5O2. The first-order chi connectivity index (χ1) is 14.0. The molecule has 0 aliphatic carbocycles. The highest BCUT2D eigenvalue weighted by Gasteiger charge is 2.17. The average Bonchev–Trinajstić information content (AvgIpc) is 3.10. The number of nitrogens with two attached hydrogens (primary N) is 1. The van der Waals surface area contributed by atoms with Gasteiger partial charge in [-0.3, -0.25) is 9.78 Å². The van der Waals surface area contributed by atoms with Crippen molar-refractivity contribution in [1.82, 2.24) is 9.97 Å². The Kier molecular flexibility index (Phi) is 4.70. The molecule has 0 aliphatic rings. The first kappa shape index (κ1) is 18.2. The lowest BCUT2D eigenvalue weighted by Gasteiger charge is -2.09. The predicted molar refractivity (Wildman–Crippen MR) is 114 cm³/mol. The molecule has 0 saturated carbocycles. The van der Waals surface area contributed by atoms with Crippen LogP contribution in [0, 0.1) is 6.92 Å². The van der Waals surface area contributed by atoms with E-state index >= 15 is 0 Å². The van der Waals surface area contributed by atoms with E-state index in [9.17, 15) is 9.59 Å². The van der Waals surface area contributed by atoms with Crippen LogP contribution in [-0.4, -0.2) is 21.9 Å². The number of H-pyrrole nitrogens is 1. The Morgan fingerprint density at radius 1 is 0.931 bits per heavy atom. The molecule has 0 aliphatic heterocycles. The number of nitrogens with zero attached hydrogens (tertiary/aromatic N) is 1. The smallest absolute Gasteiger partial charge is 0.323 e. The molecule has 2 aromatic carbocycles. The van der Waals surface area contributed by atoms with Crippen LogP contribution in [0.15, 0.2) is 67.0 Å². The molecule has 0 saturated heterocycles. The van der Waals surface area contributed by atoms with Gasteiger partial charge in [0.1, 0.15) is 5.69 Å². The maximum Gasteiger partial charge on any atom is 0.323 e. The van der Waals surface area contributed by atoms with E-state index in [2.05, 4.69) is 20.6 Å². The van der Waals surface area contributed by atoms with Crippen molar-refractivity contribution in [2.75, 3.05) is 10.6 Å². The highest BCUT2D eigenvalue weighted by molar-refractivity contribution is 6.09. The lowest BCUT2D eigenvalue weighted by Crippen LogP contribution is -2.19. The number of hydrogen-bond donors (Lipinski definition) is 4. The highest BCUT2D eigenvalue weighted by Crippen LogP contribution is 2.32. The first-order valence-corrected chi connectivity index (χ1v) is 9.02. The quantitative estimate of drug-likeness (QED) is 0.420. The number of aromatic amines is 1. The summed E-state index contributed by atoms with van der Waals surface area (Å²) in [6.07, 6.45) is 3.31. The lowest BCUT2D eigenvalue weighted by molar-refractivity contribution is 0.0997. The largest absolute Gasteiger partial charge is 0.364 e. The van der Waals surface area contributed by atoms with E-state index in [-0.39, 0.29) is 6.03 Å². The number of aryl methyl sites for hydroxylation is 1. The van der Waals surface area contributed by atoms with Gasteiger partial charge in [-0.2, -0.15) is 0 Å². The van der Waals surface area contributed by atoms with Gasteiger partial charge in [-0.25, -0.2) is 4.79 Å². The Bertz CT molecular complexity index is 1190. The van der Waals surface area contributed by atoms with E-state index < -0.39 is 5.91 Å². The summed E-state index contributed by atoms with van der Waals surface area (Å²) in [6, 6.07) is 16.2. The van der Waals surface area contributed by atoms with Gasteiger partial charge >= 0.3 is 6.03 Å². The summed E-state index contributed by atoms with van der Waals surface area (Å²) in [5.41, 5.74) is 10.6. The Morgan fingerprint density at radius 2 is 1.55 bits per heavy atom. The topological polar surface area (TPSA) is 113 Å². The number of carbonyl (C=O) groups excluding carboxylic acids is 2. The molecule has 0 bridgehead atoms. The fourth-order valence-electron chi connectivity index (χ4n) is 3.18. The molecule has 0 radical (unpaired) electrons. The van der Waals surface area contributed by atoms with Crippen molar-refractivity contribution in [2.45, 2.75) is 6.92 Å². The minimum absolute atomic E-state index is 0.325. The zero-order chi connectivity index (χ0) is 20.4. The minimum atomic E-state index is -0.545. The maximum absolute atomic E-state index is 12.2. The van der Waals surface area contributed by atoms with Crippen LogP contribution >= 0.6 is 0 Å². The molecule has 7 heteroatoms. The number of primary amides is 1. The fraction of sp³-hybridized carbons (Fsp3) is 0.0455. The van der Waals surface area contributed by atoms with Crippen LogP contribution in [0.25, 0.3) is 22.0 Å². The van der Waals surface area contributed by atoms with Gasteiger partial charge in [-0.05, 0) is 42.8 Å². The van der Waals surface area contributed by atoms with Crippen molar-refractivity contribution in [2.24, 2.45) is 5.73 Å². The van der Waals surface area contributed by atoms with Gasteiger partial charge in [-0.1, -0.05) is 29.8 Å². The molecule has 5 N–H and O–H groups in total. The van der Waals surface area contributed by atoms with Crippen molar-refractivity contribution in [1.29, 1.82) is 0 Å². The standard InChI is InChI=1S/C22H19N5O2/c1-13-2-6-15(7-3-13)25-22(29)26-16-8-4-14(5-9-16)19-17-10-11-24-12-18(17)27-20(19)21(23)28/h2-12,27H,1H3,(H2,23,28)(H2,25,26,29). The molecule has 4 aromatic rings. The summed E-state index contributed by atoms with van der Waals surface area (Å²) >= 11 is 0. The number of pyridine rings is 1. The van der Waals surface area contributed by atoms with E-state index in [1.54, 1.807) is 24.5 Å². The zero-order valence-electron chi connectivity index (χ0n) is 15.7. The van der Waals surface area contributed by atoms with E-state index in [1.165, 1.54) is 0 Å². The second-order valence-electron chi connectivity index (χ2n) is 6.68. The third-order valence-corrected chi connectivity index (χ3v) is 4.59. The number of amides is 3. The molecule has 2 heterocycles. The Hall–Kier alpha value is -4.13. The molecule has 0 unspecified atom stereocenters. The van der Waals surface area contributed by atoms with E-state index in [4.69, 9.17) is 5.73 Å². The van der Waals surface area contributed by atoms with Crippen LogP contribution in [0.5, 0.6) is 0 Å². The van der Waals surface area contributed by atoms with E-state index in [0.29, 0.717) is 22.6 Å². The Balaban J connectivity index is 1.56. The van der Waals surface area contributed by atoms with Crippen LogP contribution in [0.3, 0.4) is 0 Å². The van der Waals surface area contributed by atoms with E-state index in [1.807, 2.05) is 49.4 Å². The van der Waals surface area contributed by atoms with Gasteiger partial charge in [0.25, 0.3) is 5.91 Å². The van der Waals surface area contributed by atoms with Crippen LogP contribution in [0.1, 0.15) is 16.1 Å². The van der Waals surface area contributed by atoms with Gasteiger partial charge < -0.3 is 21.4 Å². The van der Waals surface area contributed by atoms with E-state index in [0.717, 1.165) is 22.0 Å². The minimum Gasteiger partial charge on any atom is -0.364 e. The normalized spacial score (nSPS) is 10.7. The monoisotopic (exact) mass is 385 g/mol. The fourth-order valence-corrected chi connectivity index (χ4v) is 3.18. The first-order valence-electron chi connectivity index (χ1n) is 9.02. The number of carbonyl (C=O) groups is 2. The summed E-state index contributed by atoms with van der Waals surface area (Å²) in [7, 11) is 0. The number of urea groups is 1. The van der Waals surface area contributed by atoms with Crippen LogP contribution in [-0.2, 0) is 0 Å². The number of aromatic nitrogens is 2. The average molecular weight is 385 g/mol. The van der Waals surface area contributed by atoms with Gasteiger partial charge in [0.15, 0.2) is 0 Å². The molecular weight excluding hydrogens is 366 g/mol. The molecule has 3 amide bonds. The summed E-state index contributed by atoms with van der Waals surface area (Å²) in [6.45, 7) is 1.99. The van der Waals surface area contributed by atoms with Crippen molar-refractivity contribution < 1.29 is 9.59 Å². The number of fused-ring (bicyclic) bond motifs is 1. The number of hydrogen-bond acceptors (Lipinski definition) is 3. The van der Waals surface area contributed by atoms with Crippen LogP contribution in [0.2, 0.25) is 0 Å². The van der Waals surface area contributed by atoms with Crippen molar-refractivity contribution in [3.63, 3.8) is 0 Å². The number of rotatable bonds is 4. The Labute approximate surface area is 167 Å². The van der Waals surface area contributed by atoms with Gasteiger partial charge in [0.2, 0.25) is 0 Å². The number of nitrogens with one attached hydrogen (secondary N) is 3. The SMILES string of the molecule is Cc1ccc(NC(=O)Nc2ccc(-c3c(C(N)=O)[nH]c4cnccc34)cc2)cc1. The summed E-state index contributed by atoms with van der Waals surface area (Å²) in [4.78, 5) is 31.2. The molecule has 144 valence electrons. The zero-order valence-corrected chi connectivity index (χ0v) is 15.7. The number of benzene rings is 2. The van der Waals surface area contributed by atoms with Gasteiger partial charge in [-0.15, -0.1) is 0 Å². The van der Waals surface area contributed by atoms with Crippen LogP contribution < -0.4 is 16.4 Å². The van der Waals surface area contributed by atoms with Gasteiger partial charge in [0, 0.05) is 28.5 Å². The third kappa shape index (κ3) is 3.79. The second-order valence-corrected chi connectivity index (χ2v) is 6.68. The molecule has 29 heavy (non-hydrogen) atoms. The lowest BCUT2D eigenvalue weighted by atomic mass is 10.0. The van der Waals surface area contributed by atoms with Crippen molar-refractivity contribution >= 4 is 34.2 Å². The maximum atomic E-state index is 12.2. The molecule has 0 spiro atoms. The molecule has 0 atom stereocenters. The molecule has 7 nitrogen and oxygen atoms in total. The third-order valence-electron chi connectivity index (χ3n) is 4.59. The van der Waals surface area contributed by atoms with Crippen molar-refractivity contribution in [3.05, 3.63) is 78.2 Å². The molecule has 0 fully saturated rings. The molecule has 4 rings (SSSR count). The summed E-state index contributed by atoms with van der Waals surface area (Å²) < 4.78 is 0. The highest BCUT2D eigenvalue weighted by atomic mass is 16.2. The van der Waals surface area contributed by atoms with Crippen molar-refractivity contribution in [3.8, 4) is 11.1 Å². The summed E-state index contributed by atoms with van der Waals surface area (Å²) in [5.74, 6) is -0.545. The second kappa shape index (κ2) is 7.47. The Morgan fingerprint density at radius 3 is 2.17 bits per heavy atom. The summed E-state index contributed by atoms with van der Waals surface area (Å²) in [5, 5.41) is 6.43. The van der Waals surface area contributed by atoms with Gasteiger partial charge in [0.05, 0.1) is 11.7 Å². The number of anilines is 2. The van der Waals surface area contributed by atoms with Crippen LogP contribution in [0.4, 0.5) is 16.2 Å². The predicted octanol–water partition coefficient (Wildman–Crippen LogP) is 4.28. The molecule has 2 aromatic heterocycles.